The molecule has 1 saturated heterocycles. The number of hydrogen-bond donors (Lipinski definition) is 1. The summed E-state index contributed by atoms with van der Waals surface area (Å²) in [6.07, 6.45) is 1.94. The van der Waals surface area contributed by atoms with Crippen LogP contribution < -0.4 is 5.73 Å². The van der Waals surface area contributed by atoms with E-state index in [1.807, 2.05) is 7.05 Å². The van der Waals surface area contributed by atoms with Gasteiger partial charge < -0.3 is 10.6 Å². The van der Waals surface area contributed by atoms with Crippen LogP contribution in [-0.2, 0) is 0 Å². The number of halogens is 1. The molecule has 0 saturated carbocycles. The second-order valence-corrected chi connectivity index (χ2v) is 3.05. The van der Waals surface area contributed by atoms with Gasteiger partial charge in [0, 0.05) is 13.1 Å². The van der Waals surface area contributed by atoms with E-state index in [9.17, 15) is 4.39 Å². The number of nitrogens with zero attached hydrogens (tertiary/aromatic N) is 1. The molecule has 2 nitrogen and oxygen atoms in total. The summed E-state index contributed by atoms with van der Waals surface area (Å²) < 4.78 is 12.9. The zero-order valence-corrected chi connectivity index (χ0v) is 6.94. The fourth-order valence-electron chi connectivity index (χ4n) is 1.41. The first-order valence-corrected chi connectivity index (χ1v) is 3.99. The second-order valence-electron chi connectivity index (χ2n) is 3.05. The van der Waals surface area contributed by atoms with Gasteiger partial charge in [-0.3, -0.25) is 0 Å². The maximum Gasteiger partial charge on any atom is 0.114 e. The second kappa shape index (κ2) is 3.83. The van der Waals surface area contributed by atoms with Crippen LogP contribution in [0.4, 0.5) is 4.39 Å². The highest BCUT2D eigenvalue weighted by Crippen LogP contribution is 2.17. The van der Waals surface area contributed by atoms with Crippen molar-refractivity contribution >= 4 is 0 Å². The predicted molar refractivity (Wildman–Crippen MR) is 43.9 cm³/mol. The van der Waals surface area contributed by atoms with Crippen molar-refractivity contribution in [1.82, 2.24) is 4.90 Å². The van der Waals surface area contributed by atoms with Crippen LogP contribution in [0.15, 0.2) is 11.4 Å². The van der Waals surface area contributed by atoms with Gasteiger partial charge in [0.25, 0.3) is 0 Å². The molecule has 64 valence electrons. The van der Waals surface area contributed by atoms with Crippen molar-refractivity contribution in [3.8, 4) is 0 Å². The average Bonchev–Trinajstić information content (AvgIpc) is 2.03. The molecule has 1 heterocycles. The number of piperidine rings is 1. The molecular weight excluding hydrogens is 143 g/mol. The Hall–Kier alpha value is -0.410. The van der Waals surface area contributed by atoms with Crippen molar-refractivity contribution < 1.29 is 4.39 Å². The van der Waals surface area contributed by atoms with Crippen LogP contribution in [0, 0.1) is 0 Å². The lowest BCUT2D eigenvalue weighted by Crippen LogP contribution is -2.28. The van der Waals surface area contributed by atoms with Crippen LogP contribution >= 0.6 is 0 Å². The summed E-state index contributed by atoms with van der Waals surface area (Å²) in [7, 11) is 2.00. The Bertz CT molecular complexity index is 165. The molecule has 1 aliphatic heterocycles. The first-order valence-electron chi connectivity index (χ1n) is 3.99. The number of likely N-dealkylation sites (N-methyl/N-ethyl adjacent to an activating group) is 1. The van der Waals surface area contributed by atoms with Crippen molar-refractivity contribution in [3.05, 3.63) is 11.4 Å². The van der Waals surface area contributed by atoms with Gasteiger partial charge in [-0.1, -0.05) is 0 Å². The highest BCUT2D eigenvalue weighted by molar-refractivity contribution is 5.12. The molecule has 0 unspecified atom stereocenters. The molecule has 2 N–H and O–H groups in total. The molecule has 3 heteroatoms. The lowest BCUT2D eigenvalue weighted by atomic mass is 10.0. The molecule has 0 spiro atoms. The monoisotopic (exact) mass is 158 g/mol. The van der Waals surface area contributed by atoms with Gasteiger partial charge in [0.05, 0.1) is 0 Å². The SMILES string of the molecule is CN1CCC/C(=C(\F)CN)C1. The summed E-state index contributed by atoms with van der Waals surface area (Å²) in [5.74, 6) is -0.114. The Morgan fingerprint density at radius 1 is 1.73 bits per heavy atom. The predicted octanol–water partition coefficient (Wildman–Crippen LogP) is 0.894. The number of hydrogen-bond acceptors (Lipinski definition) is 2. The van der Waals surface area contributed by atoms with Crippen LogP contribution in [0.5, 0.6) is 0 Å². The van der Waals surface area contributed by atoms with Gasteiger partial charge in [-0.15, -0.1) is 0 Å². The van der Waals surface area contributed by atoms with E-state index >= 15 is 0 Å². The molecule has 0 atom stereocenters. The van der Waals surface area contributed by atoms with Gasteiger partial charge in [-0.25, -0.2) is 4.39 Å². The Balaban J connectivity index is 2.58. The largest absolute Gasteiger partial charge is 0.325 e. The molecule has 0 aromatic carbocycles. The zero-order chi connectivity index (χ0) is 8.27. The Morgan fingerprint density at radius 2 is 2.45 bits per heavy atom. The van der Waals surface area contributed by atoms with Gasteiger partial charge in [-0.2, -0.15) is 0 Å². The topological polar surface area (TPSA) is 29.3 Å². The van der Waals surface area contributed by atoms with Crippen LogP contribution in [0.2, 0.25) is 0 Å². The first-order chi connectivity index (χ1) is 5.24. The minimum Gasteiger partial charge on any atom is -0.325 e. The van der Waals surface area contributed by atoms with Crippen molar-refractivity contribution in [2.24, 2.45) is 5.73 Å². The maximum atomic E-state index is 12.9. The van der Waals surface area contributed by atoms with E-state index in [1.54, 1.807) is 0 Å². The van der Waals surface area contributed by atoms with E-state index in [0.717, 1.165) is 31.5 Å². The summed E-state index contributed by atoms with van der Waals surface area (Å²) in [5, 5.41) is 0. The average molecular weight is 158 g/mol. The zero-order valence-electron chi connectivity index (χ0n) is 6.94. The third kappa shape index (κ3) is 2.27. The standard InChI is InChI=1S/C8H15FN2/c1-11-4-2-3-7(6-11)8(9)5-10/h2-6,10H2,1H3/b8-7+. The molecule has 1 rings (SSSR count). The molecule has 1 fully saturated rings. The molecular formula is C8H15FN2. The van der Waals surface area contributed by atoms with Gasteiger partial charge in [0.2, 0.25) is 0 Å². The Morgan fingerprint density at radius 3 is 3.00 bits per heavy atom. The number of rotatable bonds is 1. The summed E-state index contributed by atoms with van der Waals surface area (Å²) in [4.78, 5) is 2.12. The van der Waals surface area contributed by atoms with Crippen LogP contribution in [0.3, 0.4) is 0 Å². The molecule has 0 bridgehead atoms. The quantitative estimate of drug-likeness (QED) is 0.614. The molecule has 0 aromatic rings. The van der Waals surface area contributed by atoms with E-state index in [1.165, 1.54) is 0 Å². The summed E-state index contributed by atoms with van der Waals surface area (Å²) in [6.45, 7) is 1.88. The van der Waals surface area contributed by atoms with Crippen molar-refractivity contribution in [2.45, 2.75) is 12.8 Å². The molecule has 1 aliphatic rings. The van der Waals surface area contributed by atoms with Crippen molar-refractivity contribution in [2.75, 3.05) is 26.7 Å². The molecule has 0 amide bonds. The van der Waals surface area contributed by atoms with Crippen LogP contribution in [0.1, 0.15) is 12.8 Å². The van der Waals surface area contributed by atoms with Crippen LogP contribution in [0.25, 0.3) is 0 Å². The summed E-state index contributed by atoms with van der Waals surface area (Å²) >= 11 is 0. The van der Waals surface area contributed by atoms with E-state index in [0.29, 0.717) is 0 Å². The fourth-order valence-corrected chi connectivity index (χ4v) is 1.41. The molecule has 0 radical (unpaired) electrons. The van der Waals surface area contributed by atoms with Gasteiger partial charge in [0.1, 0.15) is 5.83 Å². The van der Waals surface area contributed by atoms with E-state index in [-0.39, 0.29) is 12.4 Å². The first kappa shape index (κ1) is 8.68. The minimum absolute atomic E-state index is 0.0587. The van der Waals surface area contributed by atoms with Gasteiger partial charge >= 0.3 is 0 Å². The highest BCUT2D eigenvalue weighted by atomic mass is 19.1. The number of likely N-dealkylation sites (tertiary alicyclic amines) is 1. The van der Waals surface area contributed by atoms with E-state index in [4.69, 9.17) is 5.73 Å². The maximum absolute atomic E-state index is 12.9. The smallest absolute Gasteiger partial charge is 0.114 e. The normalized spacial score (nSPS) is 25.4. The van der Waals surface area contributed by atoms with Gasteiger partial charge in [0.15, 0.2) is 0 Å². The molecule has 11 heavy (non-hydrogen) atoms. The summed E-state index contributed by atoms with van der Waals surface area (Å²) in [5.41, 5.74) is 6.09. The Kier molecular flexibility index (Phi) is 3.02. The molecule has 0 aliphatic carbocycles. The lowest BCUT2D eigenvalue weighted by molar-refractivity contribution is 0.315. The van der Waals surface area contributed by atoms with Crippen molar-refractivity contribution in [3.63, 3.8) is 0 Å². The van der Waals surface area contributed by atoms with E-state index in [2.05, 4.69) is 4.90 Å². The number of nitrogens with two attached hydrogens (primary N) is 1. The molecule has 0 aromatic heterocycles. The minimum atomic E-state index is -0.114. The Labute approximate surface area is 66.9 Å². The highest BCUT2D eigenvalue weighted by Gasteiger charge is 2.13. The third-order valence-electron chi connectivity index (χ3n) is 2.04. The van der Waals surface area contributed by atoms with E-state index < -0.39 is 0 Å². The van der Waals surface area contributed by atoms with Gasteiger partial charge in [-0.05, 0) is 32.0 Å². The van der Waals surface area contributed by atoms with Crippen LogP contribution in [-0.4, -0.2) is 31.6 Å². The lowest BCUT2D eigenvalue weighted by Gasteiger charge is -2.24. The third-order valence-corrected chi connectivity index (χ3v) is 2.04. The fraction of sp³-hybridized carbons (Fsp3) is 0.750. The van der Waals surface area contributed by atoms with Crippen molar-refractivity contribution in [1.29, 1.82) is 0 Å². The summed E-state index contributed by atoms with van der Waals surface area (Å²) in [6, 6.07) is 0.